The summed E-state index contributed by atoms with van der Waals surface area (Å²) in [6.45, 7) is 44.4. The topological polar surface area (TPSA) is 296 Å². The van der Waals surface area contributed by atoms with Crippen molar-refractivity contribution < 1.29 is 52.8 Å². The zero-order valence-corrected chi connectivity index (χ0v) is 77.8. The van der Waals surface area contributed by atoms with Crippen LogP contribution < -0.4 is 21.9 Å². The van der Waals surface area contributed by atoms with E-state index in [0.717, 1.165) is 152 Å². The molecule has 18 rings (SSSR count). The molecule has 0 radical (unpaired) electrons. The normalized spacial score (nSPS) is 29.0. The van der Waals surface area contributed by atoms with E-state index in [-0.39, 0.29) is 84.3 Å². The fourth-order valence-electron chi connectivity index (χ4n) is 21.1. The van der Waals surface area contributed by atoms with Gasteiger partial charge in [0.05, 0.1) is 95.8 Å². The number of morpholine rings is 2. The Labute approximate surface area is 744 Å². The molecule has 14 heterocycles. The summed E-state index contributed by atoms with van der Waals surface area (Å²) in [5.74, 6) is -0.288. The van der Waals surface area contributed by atoms with Crippen LogP contribution in [0.25, 0.3) is 66.8 Å². The van der Waals surface area contributed by atoms with Crippen molar-refractivity contribution >= 4 is 80.1 Å². The number of hydrazine groups is 2. The van der Waals surface area contributed by atoms with Crippen LogP contribution in [0, 0.1) is 46.3 Å². The maximum Gasteiger partial charge on any atom is 0.324 e. The summed E-state index contributed by atoms with van der Waals surface area (Å²) in [6.07, 6.45) is 12.4. The van der Waals surface area contributed by atoms with Gasteiger partial charge in [0, 0.05) is 147 Å². The lowest BCUT2D eigenvalue weighted by Crippen LogP contribution is -2.61. The van der Waals surface area contributed by atoms with Gasteiger partial charge in [0.1, 0.15) is 18.1 Å². The number of hydrogen-bond acceptors (Lipinski definition) is 21. The number of ether oxygens (including phenoxy) is 4. The second kappa shape index (κ2) is 37.0. The number of aliphatic carboxylic acids is 1. The number of carbonyl (C=O) groups is 6. The molecular formula is C98H132N14O11S2. The van der Waals surface area contributed by atoms with Crippen LogP contribution in [0.3, 0.4) is 0 Å². The number of carboxylic acid groups (broad SMARTS) is 1. The van der Waals surface area contributed by atoms with Crippen LogP contribution >= 0.6 is 22.7 Å². The smallest absolute Gasteiger partial charge is 0.324 e. The Bertz CT molecular complexity index is 5320. The number of amides is 3. The molecule has 125 heavy (non-hydrogen) atoms. The maximum absolute atomic E-state index is 14.4. The number of aromatic nitrogens is 6. The van der Waals surface area contributed by atoms with Crippen molar-refractivity contribution in [1.29, 1.82) is 0 Å². The SMILES string of the molecule is CCn1c(-c2cc([C@@H]3CCN4CCOC[C@@H]4C3)cnc2C(C)C)c2c3cc(ccc31)-c1csc(n1)[C@@H](C)[C@H](N)C(=O)N1CCC[C@H](N1)C(=O)OCC(C)(C)C2.CCn1c(-c2cc([C@@H]3CCN4CCOC[C@@H]4C3)cnc2C(C)C)c2c3cc(ccc31)-c1csc(n1)[C@@H](C)[C@H](NC(=O)C1[C@@H](C)[C@H]1C)C(=O)N1CCC[C@H](N1)C(=O)OCC(C)(C)C2.C[C@@H]1C(C(=O)O)[C@@H]1C. The number of nitrogens with two attached hydrogens (primary N) is 1. The maximum atomic E-state index is 14.4. The van der Waals surface area contributed by atoms with Crippen LogP contribution in [0.1, 0.15) is 241 Å². The predicted molar refractivity (Wildman–Crippen MR) is 489 cm³/mol. The summed E-state index contributed by atoms with van der Waals surface area (Å²) < 4.78 is 29.1. The van der Waals surface area contributed by atoms with Crippen molar-refractivity contribution in [3.8, 4) is 45.0 Å². The van der Waals surface area contributed by atoms with Crippen LogP contribution in [-0.2, 0) is 73.6 Å². The molecule has 0 spiro atoms. The highest BCUT2D eigenvalue weighted by atomic mass is 32.1. The number of benzene rings is 2. The van der Waals surface area contributed by atoms with Crippen molar-refractivity contribution in [1.82, 2.24) is 65.1 Å². The van der Waals surface area contributed by atoms with E-state index in [9.17, 15) is 28.8 Å². The third kappa shape index (κ3) is 18.6. The Kier molecular flexibility index (Phi) is 26.6. The van der Waals surface area contributed by atoms with E-state index >= 15 is 0 Å². The van der Waals surface area contributed by atoms with E-state index in [1.54, 1.807) is 0 Å². The minimum absolute atomic E-state index is 0.0463. The van der Waals surface area contributed by atoms with Crippen LogP contribution in [0.5, 0.6) is 0 Å². The van der Waals surface area contributed by atoms with Gasteiger partial charge in [-0.05, 0) is 197 Å². The molecule has 10 aliphatic rings. The van der Waals surface area contributed by atoms with Crippen molar-refractivity contribution in [3.05, 3.63) is 115 Å². The fourth-order valence-corrected chi connectivity index (χ4v) is 23.0. The van der Waals surface area contributed by atoms with Gasteiger partial charge in [-0.25, -0.2) is 20.8 Å². The largest absolute Gasteiger partial charge is 0.481 e. The zero-order valence-electron chi connectivity index (χ0n) is 76.2. The Balaban J connectivity index is 0.000000170. The van der Waals surface area contributed by atoms with E-state index in [0.29, 0.717) is 87.4 Å². The molecule has 2 aliphatic carbocycles. The van der Waals surface area contributed by atoms with Gasteiger partial charge in [-0.1, -0.05) is 109 Å². The number of carboxylic acids is 1. The van der Waals surface area contributed by atoms with Gasteiger partial charge in [0.15, 0.2) is 0 Å². The number of esters is 2. The Morgan fingerprint density at radius 2 is 1.02 bits per heavy atom. The van der Waals surface area contributed by atoms with E-state index in [2.05, 4.69) is 190 Å². The van der Waals surface area contributed by atoms with E-state index in [1.165, 1.54) is 82.8 Å². The average molecular weight is 1750 g/mol. The quantitative estimate of drug-likeness (QED) is 0.0752. The third-order valence-electron chi connectivity index (χ3n) is 29.3. The van der Waals surface area contributed by atoms with Crippen molar-refractivity contribution in [2.24, 2.45) is 52.1 Å². The molecule has 8 aliphatic heterocycles. The van der Waals surface area contributed by atoms with E-state index < -0.39 is 46.9 Å². The molecule has 8 fully saturated rings. The van der Waals surface area contributed by atoms with Crippen LogP contribution in [-0.4, -0.2) is 205 Å². The molecule has 2 aromatic carbocycles. The lowest BCUT2D eigenvalue weighted by Gasteiger charge is -2.42. The molecule has 3 amide bonds. The molecular weight excluding hydrogens is 1610 g/mol. The first-order valence-electron chi connectivity index (χ1n) is 46.4. The lowest BCUT2D eigenvalue weighted by atomic mass is 9.82. The Morgan fingerprint density at radius 3 is 1.44 bits per heavy atom. The number of aryl methyl sites for hydroxylation is 2. The number of nitrogens with zero attached hydrogens (tertiary/aromatic N) is 10. The molecule has 6 aromatic heterocycles. The summed E-state index contributed by atoms with van der Waals surface area (Å²) in [5.41, 5.74) is 30.1. The van der Waals surface area contributed by atoms with E-state index in [1.807, 2.05) is 27.7 Å². The van der Waals surface area contributed by atoms with Crippen LogP contribution in [0.2, 0.25) is 0 Å². The summed E-state index contributed by atoms with van der Waals surface area (Å²) in [4.78, 5) is 105. The van der Waals surface area contributed by atoms with Gasteiger partial charge < -0.3 is 44.2 Å². The lowest BCUT2D eigenvalue weighted by molar-refractivity contribution is -0.156. The molecule has 6 saturated heterocycles. The molecule has 2 unspecified atom stereocenters. The number of thiazole rings is 2. The van der Waals surface area contributed by atoms with Gasteiger partial charge in [-0.2, -0.15) is 0 Å². The highest BCUT2D eigenvalue weighted by Gasteiger charge is 2.51. The molecule has 672 valence electrons. The Morgan fingerprint density at radius 1 is 0.584 bits per heavy atom. The number of carbonyl (C=O) groups excluding carboxylic acids is 5. The van der Waals surface area contributed by atoms with Crippen molar-refractivity contribution in [2.45, 2.75) is 260 Å². The number of piperidine rings is 2. The summed E-state index contributed by atoms with van der Waals surface area (Å²) >= 11 is 3.05. The molecule has 8 aromatic rings. The highest BCUT2D eigenvalue weighted by molar-refractivity contribution is 7.10. The standard InChI is InChI=1S/C49H65N7O5S.C43H57N7O4S.C6H10O2/c1-9-55-40-13-12-32-20-35(40)37(44(55)36-21-33(23-50-42(36)27(2)3)31-14-16-54-17-18-60-24-34(54)19-31)22-49(7,8)26-61-48(59)38-11-10-15-56(53-38)47(58)43(30(6)46-51-39(32)25-62-46)52-45(57)41-28(4)29(41)5;1-7-49-36-11-10-28-18-31(36)33(39(49)32-19-29(21-45-38(32)25(2)3)27-12-14-48-15-16-53-22-30(48)17-27)20-43(5,6)24-54-42(52)34-9-8-13-50(47-34)41(51)37(44)26(4)40-46-35(28)23-55-40;1-3-4(2)5(3)6(7)8/h12-13,20-21,23,25,27-31,34,38,41,43,53H,9-11,14-19,22,24,26H2,1-8H3,(H,52,57);10-11,18-19,21,23,25-27,30,34,37,47H,7-9,12-17,20,22,24,44H2,1-6H3;3-5H,1-2H3,(H,7,8)/t28-,29+,30-,31+,34-,38-,41?,43-;26-,27+,30-,34-,37-;3-,4+,5?/m00./s1. The summed E-state index contributed by atoms with van der Waals surface area (Å²) in [7, 11) is 0. The second-order valence-electron chi connectivity index (χ2n) is 39.9. The van der Waals surface area contributed by atoms with Crippen molar-refractivity contribution in [3.63, 3.8) is 0 Å². The van der Waals surface area contributed by atoms with Crippen LogP contribution in [0.15, 0.2) is 71.7 Å². The highest BCUT2D eigenvalue weighted by Crippen LogP contribution is 2.50. The first-order chi connectivity index (χ1) is 59.8. The molecule has 2 saturated carbocycles. The number of pyridine rings is 2. The van der Waals surface area contributed by atoms with Gasteiger partial charge in [0.2, 0.25) is 5.91 Å². The number of hydrogen-bond donors (Lipinski definition) is 5. The van der Waals surface area contributed by atoms with Gasteiger partial charge >= 0.3 is 17.9 Å². The van der Waals surface area contributed by atoms with Gasteiger partial charge in [-0.3, -0.25) is 58.6 Å². The van der Waals surface area contributed by atoms with Gasteiger partial charge in [0.25, 0.3) is 11.8 Å². The molecule has 16 atom stereocenters. The average Bonchev–Trinajstić information content (AvgIpc) is 1.58. The predicted octanol–water partition coefficient (Wildman–Crippen LogP) is 15.2. The number of rotatable bonds is 11. The fraction of sp³-hybridized carbons (Fsp3) is 0.612. The summed E-state index contributed by atoms with van der Waals surface area (Å²) in [5, 5.41) is 22.6. The molecule has 27 heteroatoms. The van der Waals surface area contributed by atoms with Crippen molar-refractivity contribution in [2.75, 3.05) is 78.9 Å². The zero-order chi connectivity index (χ0) is 88.5. The molecule has 12 bridgehead atoms. The first-order valence-corrected chi connectivity index (χ1v) is 48.2. The van der Waals surface area contributed by atoms with Gasteiger partial charge in [-0.15, -0.1) is 22.7 Å². The monoisotopic (exact) mass is 1740 g/mol. The number of fused-ring (bicyclic) bond motifs is 14. The number of nitrogens with one attached hydrogen (secondary N) is 3. The minimum Gasteiger partial charge on any atom is -0.481 e. The second-order valence-corrected chi connectivity index (χ2v) is 41.7. The molecule has 25 nitrogen and oxygen atoms in total. The van der Waals surface area contributed by atoms with E-state index in [4.69, 9.17) is 49.7 Å². The first kappa shape index (κ1) is 90.0. The number of cyclic esters (lactones) is 2. The molecule has 6 N–H and O–H groups in total. The Hall–Kier alpha value is -8.38. The summed E-state index contributed by atoms with van der Waals surface area (Å²) in [6, 6.07) is 16.2. The van der Waals surface area contributed by atoms with Crippen LogP contribution in [0.4, 0.5) is 0 Å². The minimum atomic E-state index is -0.861. The third-order valence-corrected chi connectivity index (χ3v) is 31.4.